The minimum absolute atomic E-state index is 0.166. The molecule has 16 heavy (non-hydrogen) atoms. The van der Waals surface area contributed by atoms with Crippen molar-refractivity contribution in [1.29, 1.82) is 0 Å². The minimum atomic E-state index is -2.80. The highest BCUT2D eigenvalue weighted by molar-refractivity contribution is 5.56. The first kappa shape index (κ1) is 12.5. The van der Waals surface area contributed by atoms with Crippen LogP contribution in [0.15, 0.2) is 35.9 Å². The van der Waals surface area contributed by atoms with Gasteiger partial charge in [-0.15, -0.1) is 0 Å². The fourth-order valence-corrected chi connectivity index (χ4v) is 1.18. The smallest absolute Gasteiger partial charge is 0.387 e. The Bertz CT molecular complexity index is 360. The van der Waals surface area contributed by atoms with Crippen molar-refractivity contribution in [3.63, 3.8) is 0 Å². The van der Waals surface area contributed by atoms with Gasteiger partial charge < -0.3 is 10.1 Å². The topological polar surface area (TPSA) is 21.3 Å². The molecule has 0 aliphatic heterocycles. The van der Waals surface area contributed by atoms with E-state index in [0.717, 1.165) is 0 Å². The summed E-state index contributed by atoms with van der Waals surface area (Å²) in [4.78, 5) is 0. The van der Waals surface area contributed by atoms with Crippen LogP contribution in [0.3, 0.4) is 0 Å². The summed E-state index contributed by atoms with van der Waals surface area (Å²) in [5.41, 5.74) is 1.74. The fraction of sp³-hybridized carbons (Fsp3) is 0.333. The summed E-state index contributed by atoms with van der Waals surface area (Å²) in [6, 6.07) is 6.64. The van der Waals surface area contributed by atoms with E-state index in [1.54, 1.807) is 18.2 Å². The Balaban J connectivity index is 2.67. The summed E-state index contributed by atoms with van der Waals surface area (Å²) in [7, 11) is 0. The first-order chi connectivity index (χ1) is 7.59. The van der Waals surface area contributed by atoms with Gasteiger partial charge in [-0.3, -0.25) is 0 Å². The molecule has 0 atom stereocenters. The quantitative estimate of drug-likeness (QED) is 0.775. The lowest BCUT2D eigenvalue weighted by Crippen LogP contribution is -2.06. The van der Waals surface area contributed by atoms with Crippen molar-refractivity contribution in [2.45, 2.75) is 20.5 Å². The molecular formula is C12H15F2NO. The number of ether oxygens (including phenoxy) is 1. The normalized spacial score (nSPS) is 10.1. The van der Waals surface area contributed by atoms with Crippen LogP contribution in [-0.2, 0) is 0 Å². The average Bonchev–Trinajstić information content (AvgIpc) is 2.19. The van der Waals surface area contributed by atoms with Gasteiger partial charge >= 0.3 is 6.61 Å². The van der Waals surface area contributed by atoms with Crippen molar-refractivity contribution in [3.8, 4) is 5.75 Å². The summed E-state index contributed by atoms with van der Waals surface area (Å²) < 4.78 is 28.6. The third-order valence-corrected chi connectivity index (χ3v) is 1.91. The highest BCUT2D eigenvalue weighted by Crippen LogP contribution is 2.25. The maximum absolute atomic E-state index is 12.1. The largest absolute Gasteiger partial charge is 0.433 e. The van der Waals surface area contributed by atoms with Gasteiger partial charge in [-0.1, -0.05) is 23.8 Å². The van der Waals surface area contributed by atoms with Gasteiger partial charge in [-0.05, 0) is 26.0 Å². The molecule has 88 valence electrons. The fourth-order valence-electron chi connectivity index (χ4n) is 1.18. The summed E-state index contributed by atoms with van der Waals surface area (Å²) in [6.07, 6.45) is 1.97. The zero-order valence-electron chi connectivity index (χ0n) is 9.34. The van der Waals surface area contributed by atoms with E-state index in [0.29, 0.717) is 12.2 Å². The number of allylic oxidation sites excluding steroid dienone is 1. The monoisotopic (exact) mass is 227 g/mol. The Labute approximate surface area is 93.9 Å². The molecule has 0 amide bonds. The number of anilines is 1. The van der Waals surface area contributed by atoms with Crippen LogP contribution in [-0.4, -0.2) is 13.2 Å². The summed E-state index contributed by atoms with van der Waals surface area (Å²) in [5, 5.41) is 3.02. The van der Waals surface area contributed by atoms with Crippen LogP contribution < -0.4 is 10.1 Å². The van der Waals surface area contributed by atoms with Gasteiger partial charge in [0.25, 0.3) is 0 Å². The number of alkyl halides is 2. The first-order valence-corrected chi connectivity index (χ1v) is 5.00. The maximum Gasteiger partial charge on any atom is 0.387 e. The number of nitrogens with one attached hydrogen (secondary N) is 1. The van der Waals surface area contributed by atoms with E-state index < -0.39 is 6.61 Å². The van der Waals surface area contributed by atoms with Crippen LogP contribution in [0, 0.1) is 0 Å². The van der Waals surface area contributed by atoms with Crippen LogP contribution in [0.5, 0.6) is 5.75 Å². The zero-order chi connectivity index (χ0) is 12.0. The number of halogens is 2. The molecule has 0 aliphatic carbocycles. The summed E-state index contributed by atoms with van der Waals surface area (Å²) in [6.45, 7) is 1.74. The predicted molar refractivity (Wildman–Crippen MR) is 61.0 cm³/mol. The van der Waals surface area contributed by atoms with Gasteiger partial charge in [0.15, 0.2) is 0 Å². The number of hydrogen-bond acceptors (Lipinski definition) is 2. The molecule has 0 aromatic heterocycles. The Morgan fingerprint density at radius 2 is 2.06 bits per heavy atom. The molecule has 1 aromatic carbocycles. The molecule has 0 unspecified atom stereocenters. The van der Waals surface area contributed by atoms with Crippen LogP contribution in [0.25, 0.3) is 0 Å². The molecule has 0 heterocycles. The molecule has 1 aromatic rings. The van der Waals surface area contributed by atoms with Crippen molar-refractivity contribution in [1.82, 2.24) is 0 Å². The van der Waals surface area contributed by atoms with Crippen molar-refractivity contribution in [2.24, 2.45) is 0 Å². The summed E-state index contributed by atoms with van der Waals surface area (Å²) >= 11 is 0. The first-order valence-electron chi connectivity index (χ1n) is 5.00. The predicted octanol–water partition coefficient (Wildman–Crippen LogP) is 3.67. The van der Waals surface area contributed by atoms with Gasteiger partial charge in [0.1, 0.15) is 5.75 Å². The van der Waals surface area contributed by atoms with Crippen molar-refractivity contribution >= 4 is 5.69 Å². The summed E-state index contributed by atoms with van der Waals surface area (Å²) in [5.74, 6) is 0.166. The third-order valence-electron chi connectivity index (χ3n) is 1.91. The molecule has 1 rings (SSSR count). The molecule has 1 N–H and O–H groups in total. The molecule has 0 bridgehead atoms. The lowest BCUT2D eigenvalue weighted by Gasteiger charge is -2.11. The van der Waals surface area contributed by atoms with E-state index >= 15 is 0 Å². The van der Waals surface area contributed by atoms with E-state index in [9.17, 15) is 8.78 Å². The van der Waals surface area contributed by atoms with Gasteiger partial charge in [0, 0.05) is 6.54 Å². The molecule has 0 fully saturated rings. The van der Waals surface area contributed by atoms with Crippen LogP contribution in [0.1, 0.15) is 13.8 Å². The van der Waals surface area contributed by atoms with Crippen molar-refractivity contribution < 1.29 is 13.5 Å². The van der Waals surface area contributed by atoms with Crippen molar-refractivity contribution in [3.05, 3.63) is 35.9 Å². The lowest BCUT2D eigenvalue weighted by molar-refractivity contribution is -0.0493. The highest BCUT2D eigenvalue weighted by Gasteiger charge is 2.07. The van der Waals surface area contributed by atoms with E-state index in [1.807, 2.05) is 19.9 Å². The average molecular weight is 227 g/mol. The number of rotatable bonds is 5. The molecule has 0 spiro atoms. The lowest BCUT2D eigenvalue weighted by atomic mass is 10.3. The molecule has 4 heteroatoms. The number of para-hydroxylation sites is 2. The van der Waals surface area contributed by atoms with E-state index in [-0.39, 0.29) is 5.75 Å². The van der Waals surface area contributed by atoms with Crippen molar-refractivity contribution in [2.75, 3.05) is 11.9 Å². The van der Waals surface area contributed by atoms with E-state index in [2.05, 4.69) is 10.1 Å². The molecule has 0 aliphatic rings. The second-order valence-corrected chi connectivity index (χ2v) is 3.54. The molecular weight excluding hydrogens is 212 g/mol. The van der Waals surface area contributed by atoms with Gasteiger partial charge in [0.2, 0.25) is 0 Å². The van der Waals surface area contributed by atoms with Crippen LogP contribution in [0.4, 0.5) is 14.5 Å². The SMILES string of the molecule is CC(C)=CCNc1ccccc1OC(F)F. The van der Waals surface area contributed by atoms with Crippen LogP contribution >= 0.6 is 0 Å². The molecule has 0 saturated heterocycles. The van der Waals surface area contributed by atoms with E-state index in [1.165, 1.54) is 11.6 Å². The van der Waals surface area contributed by atoms with Gasteiger partial charge in [-0.25, -0.2) is 0 Å². The number of hydrogen-bond donors (Lipinski definition) is 1. The standard InChI is InChI=1S/C12H15F2NO/c1-9(2)7-8-15-10-5-3-4-6-11(10)16-12(13)14/h3-7,12,15H,8H2,1-2H3. The molecule has 0 radical (unpaired) electrons. The second-order valence-electron chi connectivity index (χ2n) is 3.54. The molecule has 2 nitrogen and oxygen atoms in total. The van der Waals surface area contributed by atoms with Gasteiger partial charge in [0.05, 0.1) is 5.69 Å². The van der Waals surface area contributed by atoms with E-state index in [4.69, 9.17) is 0 Å². The Morgan fingerprint density at radius 3 is 2.69 bits per heavy atom. The highest BCUT2D eigenvalue weighted by atomic mass is 19.3. The molecule has 0 saturated carbocycles. The Hall–Kier alpha value is -1.58. The maximum atomic E-state index is 12.1. The van der Waals surface area contributed by atoms with Crippen LogP contribution in [0.2, 0.25) is 0 Å². The zero-order valence-corrected chi connectivity index (χ0v) is 9.34. The minimum Gasteiger partial charge on any atom is -0.433 e. The Kier molecular flexibility index (Phi) is 4.76. The Morgan fingerprint density at radius 1 is 1.38 bits per heavy atom. The second kappa shape index (κ2) is 6.10. The van der Waals surface area contributed by atoms with Gasteiger partial charge in [-0.2, -0.15) is 8.78 Å². The third kappa shape index (κ3) is 4.29. The number of benzene rings is 1.